The highest BCUT2D eigenvalue weighted by Gasteiger charge is 2.26. The Labute approximate surface area is 155 Å². The number of carbonyl (C=O) groups excluding carboxylic acids is 2. The molecule has 0 atom stereocenters. The third kappa shape index (κ3) is 4.24. The highest BCUT2D eigenvalue weighted by atomic mass is 32.1. The lowest BCUT2D eigenvalue weighted by molar-refractivity contribution is 0.0923. The van der Waals surface area contributed by atoms with Crippen molar-refractivity contribution < 1.29 is 14.0 Å². The zero-order valence-electron chi connectivity index (χ0n) is 14.7. The highest BCUT2D eigenvalue weighted by molar-refractivity contribution is 7.09. The molecule has 138 valence electrons. The Kier molecular flexibility index (Phi) is 5.61. The fraction of sp³-hybridized carbons (Fsp3) is 0.444. The molecule has 0 bridgehead atoms. The number of Topliss-reactive ketones (excluding diaryl/α,β-unsaturated/α-hetero) is 1. The van der Waals surface area contributed by atoms with Gasteiger partial charge >= 0.3 is 6.03 Å². The molecule has 6 nitrogen and oxygen atoms in total. The van der Waals surface area contributed by atoms with Gasteiger partial charge in [-0.05, 0) is 31.0 Å². The van der Waals surface area contributed by atoms with Crippen molar-refractivity contribution in [1.82, 2.24) is 9.36 Å². The van der Waals surface area contributed by atoms with E-state index < -0.39 is 11.8 Å². The molecule has 0 unspecified atom stereocenters. The highest BCUT2D eigenvalue weighted by Crippen LogP contribution is 2.31. The van der Waals surface area contributed by atoms with Crippen LogP contribution >= 0.6 is 11.5 Å². The molecule has 0 spiro atoms. The van der Waals surface area contributed by atoms with E-state index >= 15 is 0 Å². The Bertz CT molecular complexity index is 815. The normalized spacial score (nSPS) is 14.6. The van der Waals surface area contributed by atoms with E-state index in [2.05, 4.69) is 20.0 Å². The van der Waals surface area contributed by atoms with Gasteiger partial charge in [0.25, 0.3) is 0 Å². The lowest BCUT2D eigenvalue weighted by Gasteiger charge is -2.13. The number of rotatable bonds is 5. The minimum absolute atomic E-state index is 0.0998. The molecule has 1 fully saturated rings. The van der Waals surface area contributed by atoms with Crippen LogP contribution in [-0.4, -0.2) is 21.2 Å². The summed E-state index contributed by atoms with van der Waals surface area (Å²) in [5.41, 5.74) is 0.515. The number of benzene rings is 1. The fourth-order valence-corrected chi connectivity index (χ4v) is 3.71. The minimum atomic E-state index is -0.538. The van der Waals surface area contributed by atoms with Crippen LogP contribution in [0.2, 0.25) is 0 Å². The first-order valence-electron chi connectivity index (χ1n) is 8.69. The van der Waals surface area contributed by atoms with Crippen molar-refractivity contribution in [1.29, 1.82) is 0 Å². The van der Waals surface area contributed by atoms with Gasteiger partial charge in [0.2, 0.25) is 5.13 Å². The summed E-state index contributed by atoms with van der Waals surface area (Å²) in [6.07, 6.45) is 3.63. The lowest BCUT2D eigenvalue weighted by atomic mass is 9.95. The van der Waals surface area contributed by atoms with Gasteiger partial charge in [-0.2, -0.15) is 4.37 Å². The molecular formula is C18H21FN4O2S. The van der Waals surface area contributed by atoms with Gasteiger partial charge in [-0.15, -0.1) is 0 Å². The lowest BCUT2D eigenvalue weighted by Crippen LogP contribution is -2.22. The number of nitrogens with zero attached hydrogens (tertiary/aromatic N) is 2. The van der Waals surface area contributed by atoms with Crippen LogP contribution in [0.15, 0.2) is 18.2 Å². The molecular weight excluding hydrogens is 355 g/mol. The summed E-state index contributed by atoms with van der Waals surface area (Å²) < 4.78 is 17.8. The average molecular weight is 376 g/mol. The van der Waals surface area contributed by atoms with Crippen LogP contribution in [0.4, 0.5) is 20.0 Å². The summed E-state index contributed by atoms with van der Waals surface area (Å²) >= 11 is 1.09. The maximum absolute atomic E-state index is 13.7. The second kappa shape index (κ2) is 7.90. The second-order valence-electron chi connectivity index (χ2n) is 6.73. The molecule has 26 heavy (non-hydrogen) atoms. The van der Waals surface area contributed by atoms with Crippen molar-refractivity contribution in [3.05, 3.63) is 35.4 Å². The largest absolute Gasteiger partial charge is 0.325 e. The van der Waals surface area contributed by atoms with Gasteiger partial charge in [0.15, 0.2) is 5.78 Å². The Morgan fingerprint density at radius 2 is 1.96 bits per heavy atom. The quantitative estimate of drug-likeness (QED) is 0.733. The van der Waals surface area contributed by atoms with E-state index in [1.54, 1.807) is 0 Å². The summed E-state index contributed by atoms with van der Waals surface area (Å²) in [5, 5.41) is 5.61. The molecule has 3 rings (SSSR count). The Balaban J connectivity index is 1.73. The third-order valence-electron chi connectivity index (χ3n) is 4.40. The maximum Gasteiger partial charge on any atom is 0.325 e. The first kappa shape index (κ1) is 18.4. The first-order chi connectivity index (χ1) is 12.4. The SMILES string of the molecule is CC(C)c1nsc(NC(=O)Nc2ccc(F)cc2C(=O)C2CCCC2)n1. The van der Waals surface area contributed by atoms with Crippen molar-refractivity contribution in [2.75, 3.05) is 10.6 Å². The van der Waals surface area contributed by atoms with Crippen molar-refractivity contribution in [2.45, 2.75) is 45.4 Å². The number of amides is 2. The first-order valence-corrected chi connectivity index (χ1v) is 9.46. The summed E-state index contributed by atoms with van der Waals surface area (Å²) in [7, 11) is 0. The van der Waals surface area contributed by atoms with Crippen molar-refractivity contribution in [3.63, 3.8) is 0 Å². The fourth-order valence-electron chi connectivity index (χ4n) is 3.01. The number of ketones is 1. The van der Waals surface area contributed by atoms with Gasteiger partial charge in [-0.3, -0.25) is 10.1 Å². The predicted molar refractivity (Wildman–Crippen MR) is 99.3 cm³/mol. The van der Waals surface area contributed by atoms with Crippen LogP contribution < -0.4 is 10.6 Å². The number of nitrogens with one attached hydrogen (secondary N) is 2. The molecule has 0 saturated heterocycles. The van der Waals surface area contributed by atoms with Crippen LogP contribution in [0.3, 0.4) is 0 Å². The molecule has 1 aromatic carbocycles. The number of hydrogen-bond acceptors (Lipinski definition) is 5. The van der Waals surface area contributed by atoms with Crippen LogP contribution in [0, 0.1) is 11.7 Å². The molecule has 2 aromatic rings. The smallest absolute Gasteiger partial charge is 0.307 e. The molecule has 1 heterocycles. The number of anilines is 2. The minimum Gasteiger partial charge on any atom is -0.307 e. The average Bonchev–Trinajstić information content (AvgIpc) is 3.27. The molecule has 1 saturated carbocycles. The number of carbonyl (C=O) groups is 2. The zero-order valence-corrected chi connectivity index (χ0v) is 15.5. The molecule has 8 heteroatoms. The topological polar surface area (TPSA) is 84.0 Å². The van der Waals surface area contributed by atoms with E-state index in [1.165, 1.54) is 18.2 Å². The van der Waals surface area contributed by atoms with Gasteiger partial charge < -0.3 is 5.32 Å². The predicted octanol–water partition coefficient (Wildman–Crippen LogP) is 4.82. The summed E-state index contributed by atoms with van der Waals surface area (Å²) in [5.74, 6) is 0.109. The second-order valence-corrected chi connectivity index (χ2v) is 7.48. The zero-order chi connectivity index (χ0) is 18.7. The van der Waals surface area contributed by atoms with Gasteiger partial charge in [-0.1, -0.05) is 26.7 Å². The number of urea groups is 1. The van der Waals surface area contributed by atoms with E-state index in [4.69, 9.17) is 0 Å². The monoisotopic (exact) mass is 376 g/mol. The van der Waals surface area contributed by atoms with Gasteiger partial charge in [0, 0.05) is 28.9 Å². The van der Waals surface area contributed by atoms with E-state index in [9.17, 15) is 14.0 Å². The molecule has 0 aliphatic heterocycles. The summed E-state index contributed by atoms with van der Waals surface area (Å²) in [6, 6.07) is 3.29. The molecule has 2 amide bonds. The third-order valence-corrected chi connectivity index (χ3v) is 5.04. The van der Waals surface area contributed by atoms with Crippen molar-refractivity contribution in [2.24, 2.45) is 5.92 Å². The maximum atomic E-state index is 13.7. The van der Waals surface area contributed by atoms with E-state index in [0.29, 0.717) is 16.6 Å². The van der Waals surface area contributed by atoms with Crippen LogP contribution in [0.1, 0.15) is 61.6 Å². The van der Waals surface area contributed by atoms with Gasteiger partial charge in [0.1, 0.15) is 11.6 Å². The number of hydrogen-bond donors (Lipinski definition) is 2. The van der Waals surface area contributed by atoms with Gasteiger partial charge in [0.05, 0.1) is 5.69 Å². The van der Waals surface area contributed by atoms with E-state index in [-0.39, 0.29) is 23.2 Å². The summed E-state index contributed by atoms with van der Waals surface area (Å²) in [6.45, 7) is 3.93. The molecule has 1 aliphatic carbocycles. The van der Waals surface area contributed by atoms with E-state index in [1.807, 2.05) is 13.8 Å². The van der Waals surface area contributed by atoms with Crippen LogP contribution in [0.25, 0.3) is 0 Å². The molecule has 1 aromatic heterocycles. The Morgan fingerprint density at radius 1 is 1.23 bits per heavy atom. The Morgan fingerprint density at radius 3 is 2.62 bits per heavy atom. The van der Waals surface area contributed by atoms with Crippen molar-refractivity contribution in [3.8, 4) is 0 Å². The summed E-state index contributed by atoms with van der Waals surface area (Å²) in [4.78, 5) is 29.2. The van der Waals surface area contributed by atoms with E-state index in [0.717, 1.165) is 37.2 Å². The molecule has 1 aliphatic rings. The van der Waals surface area contributed by atoms with Crippen LogP contribution in [0.5, 0.6) is 0 Å². The van der Waals surface area contributed by atoms with Crippen LogP contribution in [-0.2, 0) is 0 Å². The number of aromatic nitrogens is 2. The molecule has 2 N–H and O–H groups in total. The number of halogens is 1. The molecule has 0 radical (unpaired) electrons. The standard InChI is InChI=1S/C18H21FN4O2S/c1-10(2)16-21-18(26-23-16)22-17(25)20-14-8-7-12(19)9-13(14)15(24)11-5-3-4-6-11/h7-11H,3-6H2,1-2H3,(H2,20,21,22,23,25). The van der Waals surface area contributed by atoms with Gasteiger partial charge in [-0.25, -0.2) is 14.2 Å². The Hall–Kier alpha value is -2.35. The van der Waals surface area contributed by atoms with Crippen molar-refractivity contribution >= 4 is 34.2 Å².